The van der Waals surface area contributed by atoms with Gasteiger partial charge in [0.1, 0.15) is 6.54 Å². The molecule has 0 fully saturated rings. The van der Waals surface area contributed by atoms with Crippen molar-refractivity contribution in [1.82, 2.24) is 0 Å². The normalized spacial score (nSPS) is 10.2. The van der Waals surface area contributed by atoms with Crippen LogP contribution in [-0.4, -0.2) is 31.4 Å². The van der Waals surface area contributed by atoms with E-state index in [1.165, 1.54) is 25.0 Å². The molecule has 0 aromatic heterocycles. The fourth-order valence-electron chi connectivity index (χ4n) is 2.32. The van der Waals surface area contributed by atoms with Crippen LogP contribution in [0.3, 0.4) is 0 Å². The van der Waals surface area contributed by atoms with E-state index < -0.39 is 11.9 Å². The molecule has 136 valence electrons. The second kappa shape index (κ2) is 8.49. The topological polar surface area (TPSA) is 75.7 Å². The van der Waals surface area contributed by atoms with E-state index in [0.29, 0.717) is 22.0 Å². The van der Waals surface area contributed by atoms with Crippen LogP contribution in [0.25, 0.3) is 0 Å². The molecule has 2 rings (SSSR count). The highest BCUT2D eigenvalue weighted by Crippen LogP contribution is 2.23. The number of rotatable bonds is 5. The van der Waals surface area contributed by atoms with Gasteiger partial charge in [0.05, 0.1) is 12.7 Å². The molecule has 0 aliphatic rings. The van der Waals surface area contributed by atoms with Crippen LogP contribution in [0.4, 0.5) is 11.4 Å². The van der Waals surface area contributed by atoms with E-state index in [2.05, 4.69) is 10.1 Å². The Hall–Kier alpha value is -2.86. The maximum atomic E-state index is 12.3. The van der Waals surface area contributed by atoms with Gasteiger partial charge in [-0.15, -0.1) is 0 Å². The van der Waals surface area contributed by atoms with Gasteiger partial charge in [-0.1, -0.05) is 23.7 Å². The van der Waals surface area contributed by atoms with Gasteiger partial charge in [-0.2, -0.15) is 0 Å². The molecule has 0 spiro atoms. The van der Waals surface area contributed by atoms with Crippen LogP contribution in [-0.2, 0) is 14.3 Å². The first kappa shape index (κ1) is 19.5. The second-order valence-corrected chi connectivity index (χ2v) is 6.07. The Bertz CT molecular complexity index is 851. The summed E-state index contributed by atoms with van der Waals surface area (Å²) >= 11 is 6.11. The van der Waals surface area contributed by atoms with Crippen molar-refractivity contribution in [1.29, 1.82) is 0 Å². The van der Waals surface area contributed by atoms with Crippen molar-refractivity contribution in [3.8, 4) is 0 Å². The van der Waals surface area contributed by atoms with E-state index in [1.807, 2.05) is 6.92 Å². The highest BCUT2D eigenvalue weighted by molar-refractivity contribution is 6.31. The molecule has 0 saturated heterocycles. The molecule has 0 radical (unpaired) electrons. The summed E-state index contributed by atoms with van der Waals surface area (Å²) in [5.41, 5.74) is 2.16. The minimum Gasteiger partial charge on any atom is -0.465 e. The quantitative estimate of drug-likeness (QED) is 0.813. The van der Waals surface area contributed by atoms with Crippen molar-refractivity contribution in [3.05, 3.63) is 58.6 Å². The minimum absolute atomic E-state index is 0.183. The van der Waals surface area contributed by atoms with Crippen molar-refractivity contribution < 1.29 is 19.1 Å². The molecule has 0 heterocycles. The summed E-state index contributed by atoms with van der Waals surface area (Å²) < 4.78 is 4.65. The zero-order valence-corrected chi connectivity index (χ0v) is 15.5. The van der Waals surface area contributed by atoms with Gasteiger partial charge in [-0.25, -0.2) is 4.79 Å². The molecule has 2 amide bonds. The summed E-state index contributed by atoms with van der Waals surface area (Å²) in [4.78, 5) is 37.2. The third-order valence-electron chi connectivity index (χ3n) is 3.72. The Morgan fingerprint density at radius 1 is 1.15 bits per heavy atom. The lowest BCUT2D eigenvalue weighted by Crippen LogP contribution is -2.36. The number of benzene rings is 2. The number of anilines is 2. The van der Waals surface area contributed by atoms with Gasteiger partial charge in [-0.05, 0) is 42.8 Å². The largest absolute Gasteiger partial charge is 0.465 e. The SMILES string of the molecule is COC(=O)c1cccc(NC(=O)CN(C(C)=O)c2ccc(C)c(Cl)c2)c1. The number of hydrogen-bond acceptors (Lipinski definition) is 4. The maximum absolute atomic E-state index is 12.3. The fraction of sp³-hybridized carbons (Fsp3) is 0.211. The third-order valence-corrected chi connectivity index (χ3v) is 4.12. The average molecular weight is 375 g/mol. The molecule has 0 bridgehead atoms. The number of carbonyl (C=O) groups excluding carboxylic acids is 3. The molecule has 6 nitrogen and oxygen atoms in total. The first-order valence-electron chi connectivity index (χ1n) is 7.84. The number of ether oxygens (including phenoxy) is 1. The van der Waals surface area contributed by atoms with Crippen molar-refractivity contribution in [2.75, 3.05) is 23.9 Å². The summed E-state index contributed by atoms with van der Waals surface area (Å²) in [5, 5.41) is 3.18. The molecule has 2 aromatic carbocycles. The lowest BCUT2D eigenvalue weighted by Gasteiger charge is -2.21. The number of nitrogens with zero attached hydrogens (tertiary/aromatic N) is 1. The van der Waals surface area contributed by atoms with Crippen LogP contribution in [0.5, 0.6) is 0 Å². The minimum atomic E-state index is -0.499. The Labute approximate surface area is 156 Å². The summed E-state index contributed by atoms with van der Waals surface area (Å²) in [7, 11) is 1.28. The summed E-state index contributed by atoms with van der Waals surface area (Å²) in [6, 6.07) is 11.5. The molecule has 1 N–H and O–H groups in total. The number of halogens is 1. The van der Waals surface area contributed by atoms with Crippen LogP contribution in [0.1, 0.15) is 22.8 Å². The molecule has 0 saturated carbocycles. The highest BCUT2D eigenvalue weighted by Gasteiger charge is 2.17. The molecule has 26 heavy (non-hydrogen) atoms. The fourth-order valence-corrected chi connectivity index (χ4v) is 2.49. The zero-order chi connectivity index (χ0) is 19.3. The van der Waals surface area contributed by atoms with Crippen LogP contribution in [0, 0.1) is 6.92 Å². The van der Waals surface area contributed by atoms with Gasteiger partial charge in [0, 0.05) is 23.3 Å². The number of carbonyl (C=O) groups is 3. The van der Waals surface area contributed by atoms with Gasteiger partial charge in [-0.3, -0.25) is 9.59 Å². The van der Waals surface area contributed by atoms with E-state index in [9.17, 15) is 14.4 Å². The molecule has 0 unspecified atom stereocenters. The van der Waals surface area contributed by atoms with Crippen molar-refractivity contribution in [3.63, 3.8) is 0 Å². The maximum Gasteiger partial charge on any atom is 0.337 e. The van der Waals surface area contributed by atoms with Gasteiger partial charge in [0.25, 0.3) is 0 Å². The molecular formula is C19H19ClN2O4. The smallest absolute Gasteiger partial charge is 0.337 e. The molecule has 0 aliphatic heterocycles. The average Bonchev–Trinajstić information content (AvgIpc) is 2.61. The number of esters is 1. The van der Waals surface area contributed by atoms with E-state index in [4.69, 9.17) is 11.6 Å². The number of amides is 2. The highest BCUT2D eigenvalue weighted by atomic mass is 35.5. The van der Waals surface area contributed by atoms with Crippen LogP contribution in [0.2, 0.25) is 5.02 Å². The number of hydrogen-bond donors (Lipinski definition) is 1. The second-order valence-electron chi connectivity index (χ2n) is 5.66. The predicted molar refractivity (Wildman–Crippen MR) is 101 cm³/mol. The molecular weight excluding hydrogens is 356 g/mol. The van der Waals surface area contributed by atoms with Crippen molar-refractivity contribution >= 4 is 40.8 Å². The lowest BCUT2D eigenvalue weighted by molar-refractivity contribution is -0.120. The van der Waals surface area contributed by atoms with Gasteiger partial charge in [0.15, 0.2) is 0 Å². The number of methoxy groups -OCH3 is 1. The van der Waals surface area contributed by atoms with E-state index in [0.717, 1.165) is 5.56 Å². The van der Waals surface area contributed by atoms with Crippen LogP contribution < -0.4 is 10.2 Å². The Morgan fingerprint density at radius 3 is 2.50 bits per heavy atom. The Morgan fingerprint density at radius 2 is 1.88 bits per heavy atom. The van der Waals surface area contributed by atoms with Gasteiger partial charge >= 0.3 is 5.97 Å². The first-order valence-corrected chi connectivity index (χ1v) is 8.22. The molecule has 2 aromatic rings. The third kappa shape index (κ3) is 4.83. The molecule has 0 atom stereocenters. The molecule has 7 heteroatoms. The Kier molecular flexibility index (Phi) is 6.36. The van der Waals surface area contributed by atoms with E-state index in [1.54, 1.807) is 36.4 Å². The summed E-state index contributed by atoms with van der Waals surface area (Å²) in [5.74, 6) is -1.19. The van der Waals surface area contributed by atoms with E-state index >= 15 is 0 Å². The monoisotopic (exact) mass is 374 g/mol. The Balaban J connectivity index is 2.14. The van der Waals surface area contributed by atoms with Crippen LogP contribution >= 0.6 is 11.6 Å². The van der Waals surface area contributed by atoms with E-state index in [-0.39, 0.29) is 12.5 Å². The summed E-state index contributed by atoms with van der Waals surface area (Å²) in [6.45, 7) is 3.04. The molecule has 0 aliphatic carbocycles. The van der Waals surface area contributed by atoms with Gasteiger partial charge < -0.3 is 15.0 Å². The number of aryl methyl sites for hydroxylation is 1. The standard InChI is InChI=1S/C19H19ClN2O4/c1-12-7-8-16(10-17(12)20)22(13(2)23)11-18(24)21-15-6-4-5-14(9-15)19(25)26-3/h4-10H,11H2,1-3H3,(H,21,24). The van der Waals surface area contributed by atoms with Gasteiger partial charge in [0.2, 0.25) is 11.8 Å². The van der Waals surface area contributed by atoms with Crippen molar-refractivity contribution in [2.45, 2.75) is 13.8 Å². The zero-order valence-electron chi connectivity index (χ0n) is 14.7. The van der Waals surface area contributed by atoms with Crippen LogP contribution in [0.15, 0.2) is 42.5 Å². The van der Waals surface area contributed by atoms with Crippen molar-refractivity contribution in [2.24, 2.45) is 0 Å². The number of nitrogens with one attached hydrogen (secondary N) is 1. The lowest BCUT2D eigenvalue weighted by atomic mass is 10.2. The first-order chi connectivity index (χ1) is 12.3. The predicted octanol–water partition coefficient (Wildman–Crippen LogP) is 3.43. The summed E-state index contributed by atoms with van der Waals surface area (Å²) in [6.07, 6.45) is 0.